The molecule has 7 nitrogen and oxygen atoms in total. The highest BCUT2D eigenvalue weighted by molar-refractivity contribution is 5.91. The second-order valence-corrected chi connectivity index (χ2v) is 7.68. The third kappa shape index (κ3) is 3.06. The Bertz CT molecular complexity index is 995. The summed E-state index contributed by atoms with van der Waals surface area (Å²) < 4.78 is 9.05. The van der Waals surface area contributed by atoms with Gasteiger partial charge in [0.1, 0.15) is 5.69 Å². The number of nitrogens with zero attached hydrogens (tertiary/aromatic N) is 5. The van der Waals surface area contributed by atoms with Crippen molar-refractivity contribution in [3.63, 3.8) is 0 Å². The van der Waals surface area contributed by atoms with Crippen LogP contribution >= 0.6 is 0 Å². The van der Waals surface area contributed by atoms with Crippen molar-refractivity contribution in [2.75, 3.05) is 13.2 Å². The molecule has 1 saturated heterocycles. The number of ether oxygens (including phenoxy) is 1. The number of carbonyl (C=O) groups is 1. The van der Waals surface area contributed by atoms with E-state index >= 15 is 0 Å². The van der Waals surface area contributed by atoms with Gasteiger partial charge in [-0.05, 0) is 43.7 Å². The molecule has 0 radical (unpaired) electrons. The molecule has 7 heteroatoms. The van der Waals surface area contributed by atoms with Crippen LogP contribution in [0.5, 0.6) is 0 Å². The zero-order valence-corrected chi connectivity index (χ0v) is 15.5. The van der Waals surface area contributed by atoms with Gasteiger partial charge in [0.15, 0.2) is 0 Å². The van der Waals surface area contributed by atoms with Crippen molar-refractivity contribution in [1.82, 2.24) is 24.8 Å². The van der Waals surface area contributed by atoms with Crippen LogP contribution in [0.4, 0.5) is 0 Å². The van der Waals surface area contributed by atoms with Gasteiger partial charge in [0.2, 0.25) is 5.91 Å². The van der Waals surface area contributed by atoms with Crippen LogP contribution in [-0.4, -0.2) is 43.9 Å². The molecule has 0 atom stereocenters. The maximum atomic E-state index is 11.7. The fraction of sp³-hybridized carbons (Fsp3) is 0.500. The van der Waals surface area contributed by atoms with Gasteiger partial charge in [-0.2, -0.15) is 5.10 Å². The number of rotatable bonds is 4. The molecule has 3 heterocycles. The van der Waals surface area contributed by atoms with Crippen LogP contribution in [0, 0.1) is 5.92 Å². The lowest BCUT2D eigenvalue weighted by Crippen LogP contribution is -2.21. The lowest BCUT2D eigenvalue weighted by molar-refractivity contribution is 0.0597. The molecule has 2 aliphatic rings. The first kappa shape index (κ1) is 16.6. The van der Waals surface area contributed by atoms with Gasteiger partial charge >= 0.3 is 0 Å². The highest BCUT2D eigenvalue weighted by Gasteiger charge is 2.32. The van der Waals surface area contributed by atoms with E-state index in [0.29, 0.717) is 11.8 Å². The molecule has 0 bridgehead atoms. The fourth-order valence-corrected chi connectivity index (χ4v) is 4.03. The summed E-state index contributed by atoms with van der Waals surface area (Å²) in [6.07, 6.45) is 6.34. The quantitative estimate of drug-likeness (QED) is 0.709. The number of carbonyl (C=O) groups excluding carboxylic acids is 1. The lowest BCUT2D eigenvalue weighted by Gasteiger charge is -2.22. The van der Waals surface area contributed by atoms with Crippen molar-refractivity contribution < 1.29 is 9.53 Å². The van der Waals surface area contributed by atoms with Crippen LogP contribution < -0.4 is 0 Å². The van der Waals surface area contributed by atoms with Gasteiger partial charge in [0, 0.05) is 43.5 Å². The molecule has 140 valence electrons. The first-order valence-corrected chi connectivity index (χ1v) is 9.71. The molecule has 3 aromatic rings. The van der Waals surface area contributed by atoms with Crippen LogP contribution in [0.2, 0.25) is 0 Å². The minimum Gasteiger partial charge on any atom is -0.381 e. The van der Waals surface area contributed by atoms with Crippen LogP contribution in [0.1, 0.15) is 49.0 Å². The predicted octanol–water partition coefficient (Wildman–Crippen LogP) is 3.26. The summed E-state index contributed by atoms with van der Waals surface area (Å²) in [5.74, 6) is 1.09. The van der Waals surface area contributed by atoms with Crippen LogP contribution in [-0.2, 0) is 11.3 Å². The maximum absolute atomic E-state index is 11.7. The van der Waals surface area contributed by atoms with Crippen molar-refractivity contribution in [2.45, 2.75) is 45.1 Å². The zero-order chi connectivity index (χ0) is 18.4. The van der Waals surface area contributed by atoms with E-state index < -0.39 is 0 Å². The predicted molar refractivity (Wildman–Crippen MR) is 101 cm³/mol. The van der Waals surface area contributed by atoms with Gasteiger partial charge in [-0.15, -0.1) is 5.10 Å². The van der Waals surface area contributed by atoms with Gasteiger partial charge in [-0.25, -0.2) is 9.36 Å². The Morgan fingerprint density at radius 2 is 2.04 bits per heavy atom. The summed E-state index contributed by atoms with van der Waals surface area (Å²) >= 11 is 0. The third-order valence-electron chi connectivity index (χ3n) is 5.65. The third-order valence-corrected chi connectivity index (χ3v) is 5.65. The van der Waals surface area contributed by atoms with E-state index in [1.165, 1.54) is 30.1 Å². The summed E-state index contributed by atoms with van der Waals surface area (Å²) in [5, 5.41) is 14.2. The Kier molecular flexibility index (Phi) is 4.04. The lowest BCUT2D eigenvalue weighted by atomic mass is 10.00. The second-order valence-electron chi connectivity index (χ2n) is 7.68. The maximum Gasteiger partial charge on any atom is 0.244 e. The first-order chi connectivity index (χ1) is 13.2. The number of aromatic nitrogens is 5. The molecule has 2 aromatic heterocycles. The van der Waals surface area contributed by atoms with Gasteiger partial charge < -0.3 is 4.74 Å². The fourth-order valence-electron chi connectivity index (χ4n) is 4.03. The van der Waals surface area contributed by atoms with Gasteiger partial charge in [-0.3, -0.25) is 4.79 Å². The van der Waals surface area contributed by atoms with Gasteiger partial charge in [0.25, 0.3) is 0 Å². The number of fused-ring (bicyclic) bond motifs is 1. The Labute approximate surface area is 157 Å². The van der Waals surface area contributed by atoms with Crippen molar-refractivity contribution in [1.29, 1.82) is 0 Å². The SMILES string of the molecule is CC(=O)n1ncc2cc(-c3nnn(CC4CCOCC4)c3C3CC3)ccc21. The number of hydrogen-bond donors (Lipinski definition) is 0. The molecule has 0 spiro atoms. The number of hydrogen-bond acceptors (Lipinski definition) is 5. The van der Waals surface area contributed by atoms with E-state index in [9.17, 15) is 4.79 Å². The van der Waals surface area contributed by atoms with E-state index in [0.717, 1.165) is 54.8 Å². The Hall–Kier alpha value is -2.54. The van der Waals surface area contributed by atoms with E-state index in [1.54, 1.807) is 6.20 Å². The summed E-state index contributed by atoms with van der Waals surface area (Å²) in [5.41, 5.74) is 4.11. The monoisotopic (exact) mass is 365 g/mol. The molecule has 1 aliphatic carbocycles. The molecule has 0 amide bonds. The molecule has 0 N–H and O–H groups in total. The minimum absolute atomic E-state index is 0.0844. The smallest absolute Gasteiger partial charge is 0.244 e. The molecule has 1 saturated carbocycles. The molecule has 27 heavy (non-hydrogen) atoms. The Balaban J connectivity index is 1.51. The van der Waals surface area contributed by atoms with Gasteiger partial charge in [-0.1, -0.05) is 11.3 Å². The Morgan fingerprint density at radius 3 is 2.78 bits per heavy atom. The molecular weight excluding hydrogens is 342 g/mol. The summed E-state index contributed by atoms with van der Waals surface area (Å²) in [7, 11) is 0. The minimum atomic E-state index is -0.0844. The van der Waals surface area contributed by atoms with E-state index in [1.807, 2.05) is 12.1 Å². The first-order valence-electron chi connectivity index (χ1n) is 9.71. The number of benzene rings is 1. The molecule has 1 aromatic carbocycles. The molecular formula is C20H23N5O2. The summed E-state index contributed by atoms with van der Waals surface area (Å²) in [6.45, 7) is 4.14. The summed E-state index contributed by atoms with van der Waals surface area (Å²) in [6, 6.07) is 6.04. The average Bonchev–Trinajstić information content (AvgIpc) is 3.28. The zero-order valence-electron chi connectivity index (χ0n) is 15.5. The van der Waals surface area contributed by atoms with E-state index in [2.05, 4.69) is 26.2 Å². The van der Waals surface area contributed by atoms with Crippen molar-refractivity contribution in [2.24, 2.45) is 5.92 Å². The van der Waals surface area contributed by atoms with Crippen LogP contribution in [0.3, 0.4) is 0 Å². The highest BCUT2D eigenvalue weighted by Crippen LogP contribution is 2.44. The van der Waals surface area contributed by atoms with E-state index in [4.69, 9.17) is 4.74 Å². The van der Waals surface area contributed by atoms with Gasteiger partial charge in [0.05, 0.1) is 17.4 Å². The normalized spacial score (nSPS) is 18.3. The Morgan fingerprint density at radius 1 is 1.22 bits per heavy atom. The molecule has 1 aliphatic heterocycles. The summed E-state index contributed by atoms with van der Waals surface area (Å²) in [4.78, 5) is 11.7. The largest absolute Gasteiger partial charge is 0.381 e. The highest BCUT2D eigenvalue weighted by atomic mass is 16.5. The van der Waals surface area contributed by atoms with Crippen molar-refractivity contribution in [3.05, 3.63) is 30.1 Å². The van der Waals surface area contributed by atoms with Crippen molar-refractivity contribution >= 4 is 16.8 Å². The molecule has 2 fully saturated rings. The van der Waals surface area contributed by atoms with Crippen LogP contribution in [0.15, 0.2) is 24.4 Å². The topological polar surface area (TPSA) is 74.8 Å². The molecule has 5 rings (SSSR count). The van der Waals surface area contributed by atoms with Crippen molar-refractivity contribution in [3.8, 4) is 11.3 Å². The van der Waals surface area contributed by atoms with Crippen LogP contribution in [0.25, 0.3) is 22.2 Å². The standard InChI is InChI=1S/C20H23N5O2/c1-13(26)25-18-5-4-16(10-17(18)11-21-25)19-20(15-2-3-15)24(23-22-19)12-14-6-8-27-9-7-14/h4-5,10-11,14-15H,2-3,6-9,12H2,1H3. The van der Waals surface area contributed by atoms with E-state index in [-0.39, 0.29) is 5.91 Å². The average molecular weight is 365 g/mol. The molecule has 0 unspecified atom stereocenters. The second kappa shape index (κ2) is 6.56.